The average Bonchev–Trinajstić information content (AvgIpc) is 2.24. The Hall–Kier alpha value is 0.0400. The van der Waals surface area contributed by atoms with E-state index in [0.717, 1.165) is 0 Å². The molecule has 0 atom stereocenters. The molecule has 0 saturated carbocycles. The Morgan fingerprint density at radius 2 is 1.74 bits per heavy atom. The normalized spacial score (nSPS) is 11.9. The van der Waals surface area contributed by atoms with Crippen LogP contribution in [0.4, 0.5) is 0 Å². The van der Waals surface area contributed by atoms with Crippen LogP contribution >= 0.6 is 0 Å². The smallest absolute Gasteiger partial charge is 0.748 e. The maximum atomic E-state index is 11.8. The first kappa shape index (κ1) is 19.0. The van der Waals surface area contributed by atoms with Crippen LogP contribution in [0.15, 0.2) is 29.2 Å². The zero-order chi connectivity index (χ0) is 13.8. The molecule has 0 aromatic heterocycles. The van der Waals surface area contributed by atoms with E-state index in [1.165, 1.54) is 6.07 Å². The first-order valence-corrected chi connectivity index (χ1v) is 8.27. The van der Waals surface area contributed by atoms with Gasteiger partial charge < -0.3 is 4.55 Å². The van der Waals surface area contributed by atoms with E-state index in [9.17, 15) is 21.4 Å². The topological polar surface area (TPSA) is 103 Å². The van der Waals surface area contributed by atoms with E-state index < -0.39 is 25.9 Å². The molecule has 0 heterocycles. The molecule has 0 amide bonds. The third-order valence-electron chi connectivity index (χ3n) is 2.25. The van der Waals surface area contributed by atoms with Crippen LogP contribution in [0.25, 0.3) is 0 Å². The Balaban J connectivity index is 0.00000324. The zero-order valence-corrected chi connectivity index (χ0v) is 14.4. The molecule has 9 heteroatoms. The summed E-state index contributed by atoms with van der Waals surface area (Å²) in [5, 5.41) is 0. The van der Waals surface area contributed by atoms with Crippen molar-refractivity contribution in [1.82, 2.24) is 4.72 Å². The number of hydrogen-bond donors (Lipinski definition) is 1. The summed E-state index contributed by atoms with van der Waals surface area (Å²) in [6, 6.07) is 6.45. The molecule has 0 saturated heterocycles. The summed E-state index contributed by atoms with van der Waals surface area (Å²) in [6.07, 6.45) is -0.0447. The quantitative estimate of drug-likeness (QED) is 0.347. The van der Waals surface area contributed by atoms with Crippen molar-refractivity contribution in [3.8, 4) is 0 Å². The van der Waals surface area contributed by atoms with E-state index in [0.29, 0.717) is 5.56 Å². The van der Waals surface area contributed by atoms with Gasteiger partial charge in [0.05, 0.1) is 15.0 Å². The van der Waals surface area contributed by atoms with Crippen molar-refractivity contribution >= 4 is 20.1 Å². The summed E-state index contributed by atoms with van der Waals surface area (Å²) >= 11 is 0. The van der Waals surface area contributed by atoms with Crippen molar-refractivity contribution in [3.05, 3.63) is 29.8 Å². The molecule has 1 aromatic carbocycles. The molecule has 0 bridgehead atoms. The number of aryl methyl sites for hydroxylation is 1. The maximum absolute atomic E-state index is 11.8. The molecule has 0 aliphatic carbocycles. The third-order valence-corrected chi connectivity index (χ3v) is 4.66. The molecule has 0 spiro atoms. The van der Waals surface area contributed by atoms with Crippen LogP contribution in [-0.4, -0.2) is 33.7 Å². The van der Waals surface area contributed by atoms with E-state index >= 15 is 0 Å². The van der Waals surface area contributed by atoms with Gasteiger partial charge in [-0.05, 0) is 25.0 Å². The Morgan fingerprint density at radius 1 is 1.16 bits per heavy atom. The van der Waals surface area contributed by atoms with E-state index in [1.807, 2.05) is 0 Å². The van der Waals surface area contributed by atoms with Gasteiger partial charge in [-0.1, -0.05) is 18.2 Å². The summed E-state index contributed by atoms with van der Waals surface area (Å²) in [4.78, 5) is 0.148. The molecule has 1 aromatic rings. The van der Waals surface area contributed by atoms with Gasteiger partial charge in [0, 0.05) is 12.3 Å². The molecule has 0 aliphatic heterocycles. The maximum Gasteiger partial charge on any atom is 1.00 e. The monoisotopic (exact) mass is 315 g/mol. The van der Waals surface area contributed by atoms with Crippen molar-refractivity contribution in [2.75, 3.05) is 12.3 Å². The number of sulfonamides is 1. The fourth-order valence-corrected chi connectivity index (χ4v) is 3.21. The van der Waals surface area contributed by atoms with Crippen molar-refractivity contribution < 1.29 is 50.9 Å². The fraction of sp³-hybridized carbons (Fsp3) is 0.400. The molecule has 0 fully saturated rings. The van der Waals surface area contributed by atoms with Crippen LogP contribution in [0.2, 0.25) is 0 Å². The average molecular weight is 315 g/mol. The molecule has 1 rings (SSSR count). The Labute approximate surface area is 135 Å². The molecule has 102 valence electrons. The van der Waals surface area contributed by atoms with Crippen molar-refractivity contribution in [2.24, 2.45) is 0 Å². The van der Waals surface area contributed by atoms with Crippen molar-refractivity contribution in [1.29, 1.82) is 0 Å². The number of benzene rings is 1. The predicted octanol–water partition coefficient (Wildman–Crippen LogP) is -2.79. The molecular formula is C10H14NNaO5S2. The Morgan fingerprint density at radius 3 is 2.26 bits per heavy atom. The van der Waals surface area contributed by atoms with Crippen LogP contribution in [-0.2, 0) is 20.1 Å². The molecule has 0 radical (unpaired) electrons. The third kappa shape index (κ3) is 6.84. The number of rotatable bonds is 6. The summed E-state index contributed by atoms with van der Waals surface area (Å²) in [5.41, 5.74) is 0.599. The van der Waals surface area contributed by atoms with Gasteiger partial charge in [0.25, 0.3) is 0 Å². The Kier molecular flexibility index (Phi) is 7.74. The fourth-order valence-electron chi connectivity index (χ4n) is 1.39. The van der Waals surface area contributed by atoms with Gasteiger partial charge in [0.15, 0.2) is 0 Å². The molecule has 6 nitrogen and oxygen atoms in total. The second-order valence-corrected chi connectivity index (χ2v) is 7.04. The van der Waals surface area contributed by atoms with Gasteiger partial charge in [-0.3, -0.25) is 0 Å². The van der Waals surface area contributed by atoms with Crippen LogP contribution in [0.5, 0.6) is 0 Å². The Bertz CT molecular complexity index is 613. The van der Waals surface area contributed by atoms with Crippen molar-refractivity contribution in [3.63, 3.8) is 0 Å². The predicted molar refractivity (Wildman–Crippen MR) is 65.5 cm³/mol. The summed E-state index contributed by atoms with van der Waals surface area (Å²) in [7, 11) is -7.96. The van der Waals surface area contributed by atoms with Gasteiger partial charge in [0.1, 0.15) is 0 Å². The van der Waals surface area contributed by atoms with Gasteiger partial charge in [-0.2, -0.15) is 0 Å². The minimum Gasteiger partial charge on any atom is -0.748 e. The molecular weight excluding hydrogens is 301 g/mol. The van der Waals surface area contributed by atoms with E-state index in [-0.39, 0.29) is 47.4 Å². The van der Waals surface area contributed by atoms with E-state index in [4.69, 9.17) is 0 Å². The first-order valence-electron chi connectivity index (χ1n) is 5.21. The van der Waals surface area contributed by atoms with Crippen LogP contribution in [0, 0.1) is 6.92 Å². The van der Waals surface area contributed by atoms with Crippen molar-refractivity contribution in [2.45, 2.75) is 18.2 Å². The molecule has 0 unspecified atom stereocenters. The second-order valence-electron chi connectivity index (χ2n) is 3.78. The SMILES string of the molecule is Cc1ccccc1S(=O)(=O)NCCCS(=O)(=O)[O-].[Na+]. The molecule has 1 N–H and O–H groups in total. The number of nitrogens with one attached hydrogen (secondary N) is 1. The van der Waals surface area contributed by atoms with Crippen LogP contribution in [0.3, 0.4) is 0 Å². The van der Waals surface area contributed by atoms with Crippen LogP contribution in [0.1, 0.15) is 12.0 Å². The van der Waals surface area contributed by atoms with Crippen LogP contribution < -0.4 is 34.3 Å². The number of hydrogen-bond acceptors (Lipinski definition) is 5. The minimum absolute atomic E-state index is 0. The molecule has 0 aliphatic rings. The summed E-state index contributed by atoms with van der Waals surface area (Å²) in [6.45, 7) is 1.58. The van der Waals surface area contributed by atoms with E-state index in [1.54, 1.807) is 25.1 Å². The van der Waals surface area contributed by atoms with Gasteiger partial charge in [-0.15, -0.1) is 0 Å². The summed E-state index contributed by atoms with van der Waals surface area (Å²) in [5.74, 6) is -0.580. The van der Waals surface area contributed by atoms with Gasteiger partial charge >= 0.3 is 29.6 Å². The standard InChI is InChI=1S/C10H15NO5S2.Na/c1-9-5-2-3-6-10(9)18(15,16)11-7-4-8-17(12,13)14;/h2-3,5-6,11H,4,7-8H2,1H3,(H,12,13,14);/q;+1/p-1. The second kappa shape index (κ2) is 7.72. The van der Waals surface area contributed by atoms with Gasteiger partial charge in [0.2, 0.25) is 10.0 Å². The van der Waals surface area contributed by atoms with E-state index in [2.05, 4.69) is 4.72 Å². The minimum atomic E-state index is -4.30. The first-order chi connectivity index (χ1) is 8.22. The van der Waals surface area contributed by atoms with Gasteiger partial charge in [-0.25, -0.2) is 21.6 Å². The largest absolute Gasteiger partial charge is 1.00 e. The zero-order valence-electron chi connectivity index (χ0n) is 10.8. The molecule has 19 heavy (non-hydrogen) atoms. The summed E-state index contributed by atoms with van der Waals surface area (Å²) < 4.78 is 57.0.